The minimum absolute atomic E-state index is 0.190. The molecule has 14 aromatic carbocycles. The zero-order valence-electron chi connectivity index (χ0n) is 57.2. The summed E-state index contributed by atoms with van der Waals surface area (Å²) in [5.41, 5.74) is 25.6. The minimum atomic E-state index is -0.273. The molecule has 7 nitrogen and oxygen atoms in total. The second kappa shape index (κ2) is 24.4. The van der Waals surface area contributed by atoms with Crippen LogP contribution in [-0.2, 0) is 10.8 Å². The van der Waals surface area contributed by atoms with Gasteiger partial charge in [-0.2, -0.15) is 0 Å². The van der Waals surface area contributed by atoms with E-state index in [-0.39, 0.29) is 10.8 Å². The first-order valence-electron chi connectivity index (χ1n) is 35.1. The maximum absolute atomic E-state index is 6.82. The van der Waals surface area contributed by atoms with E-state index in [1.807, 2.05) is 48.5 Å². The Labute approximate surface area is 597 Å². The molecule has 0 atom stereocenters. The normalized spacial score (nSPS) is 13.2. The number of hydrogen-bond donors (Lipinski definition) is 0. The Morgan fingerprint density at radius 1 is 0.223 bits per heavy atom. The van der Waals surface area contributed by atoms with Crippen LogP contribution in [0.15, 0.2) is 332 Å². The van der Waals surface area contributed by atoms with Gasteiger partial charge in [0.2, 0.25) is 0 Å². The van der Waals surface area contributed by atoms with Crippen LogP contribution in [-0.4, -0.2) is 19.9 Å². The van der Waals surface area contributed by atoms with Gasteiger partial charge in [0.25, 0.3) is 0 Å². The highest BCUT2D eigenvalue weighted by Crippen LogP contribution is 2.52. The van der Waals surface area contributed by atoms with E-state index in [9.17, 15) is 0 Å². The third kappa shape index (κ3) is 10.7. The zero-order chi connectivity index (χ0) is 68.9. The molecule has 5 heterocycles. The molecule has 0 unspecified atom stereocenters. The summed E-state index contributed by atoms with van der Waals surface area (Å²) in [5, 5.41) is 4.34. The Kier molecular flexibility index (Phi) is 14.4. The van der Waals surface area contributed by atoms with Crippen LogP contribution in [0.4, 0.5) is 0 Å². The van der Waals surface area contributed by atoms with Crippen molar-refractivity contribution in [3.05, 3.63) is 350 Å². The molecule has 0 radical (unpaired) electrons. The lowest BCUT2D eigenvalue weighted by Gasteiger charge is -2.34. The second-order valence-corrected chi connectivity index (χ2v) is 28.0. The van der Waals surface area contributed by atoms with Crippen molar-refractivity contribution < 1.29 is 13.9 Å². The number of para-hydroxylation sites is 4. The molecule has 3 aromatic heterocycles. The zero-order valence-corrected chi connectivity index (χ0v) is 57.2. The molecule has 488 valence electrons. The Morgan fingerprint density at radius 2 is 0.641 bits per heavy atom. The average molecular weight is 1320 g/mol. The van der Waals surface area contributed by atoms with Crippen molar-refractivity contribution in [1.29, 1.82) is 0 Å². The van der Waals surface area contributed by atoms with Gasteiger partial charge in [-0.15, -0.1) is 0 Å². The minimum Gasteiger partial charge on any atom is -0.457 e. The van der Waals surface area contributed by atoms with Crippen molar-refractivity contribution in [2.24, 2.45) is 0 Å². The summed E-state index contributed by atoms with van der Waals surface area (Å²) >= 11 is 0. The predicted octanol–water partition coefficient (Wildman–Crippen LogP) is 25.5. The summed E-state index contributed by atoms with van der Waals surface area (Å²) in [6.07, 6.45) is 0. The fraction of sp³-hybridized carbons (Fsp3) is 0.0625. The number of aromatic nitrogens is 4. The standard InChI is InChI=1S/C96H66N4O3/c1-95(2)79-32-14-17-35-88(79)101-90-55-65(46-51-81(90)95)59-37-41-62(42-38-59)85-57-83(61-21-7-5-8-22-61)99-94(100-85)77-50-49-70(73-27-11-12-28-74(73)77)66-25-19-26-67(53-66)78-54-69(45-48-71(78)68-47-52-82-91(56-68)102-89-36-18-15-33-80(89)96(82,3)4)86-58-84(97-93(98-86)64-23-9-6-10-24-64)63-43-39-60(40-44-63)72-30-20-31-76-75-29-13-16-34-87(75)103-92(72)76/h5-58H,1-4H3. The molecule has 7 heteroatoms. The third-order valence-corrected chi connectivity index (χ3v) is 21.1. The second-order valence-electron chi connectivity index (χ2n) is 28.0. The van der Waals surface area contributed by atoms with Gasteiger partial charge in [0.15, 0.2) is 11.6 Å². The maximum atomic E-state index is 6.82. The Morgan fingerprint density at radius 3 is 1.29 bits per heavy atom. The molecule has 2 aliphatic heterocycles. The van der Waals surface area contributed by atoms with Crippen LogP contribution in [0.3, 0.4) is 0 Å². The quantitative estimate of drug-likeness (QED) is 0.128. The van der Waals surface area contributed by atoms with Crippen LogP contribution in [0.1, 0.15) is 49.9 Å². The van der Waals surface area contributed by atoms with Crippen LogP contribution < -0.4 is 9.47 Å². The molecule has 19 rings (SSSR count). The molecule has 0 saturated heterocycles. The third-order valence-electron chi connectivity index (χ3n) is 21.1. The van der Waals surface area contributed by atoms with Crippen LogP contribution in [0.25, 0.3) is 156 Å². The van der Waals surface area contributed by atoms with Gasteiger partial charge in [-0.1, -0.05) is 295 Å². The lowest BCUT2D eigenvalue weighted by atomic mass is 9.75. The molecule has 0 spiro atoms. The van der Waals surface area contributed by atoms with Gasteiger partial charge in [-0.05, 0) is 122 Å². The highest BCUT2D eigenvalue weighted by molar-refractivity contribution is 6.10. The lowest BCUT2D eigenvalue weighted by Crippen LogP contribution is -2.24. The fourth-order valence-electron chi connectivity index (χ4n) is 15.6. The van der Waals surface area contributed by atoms with E-state index in [0.29, 0.717) is 11.6 Å². The van der Waals surface area contributed by atoms with Crippen molar-refractivity contribution >= 4 is 32.7 Å². The first kappa shape index (κ1) is 61.0. The number of ether oxygens (including phenoxy) is 2. The van der Waals surface area contributed by atoms with Crippen molar-refractivity contribution in [2.45, 2.75) is 38.5 Å². The number of nitrogens with zero attached hydrogens (tertiary/aromatic N) is 4. The molecular weight excluding hydrogens is 1260 g/mol. The van der Waals surface area contributed by atoms with Crippen LogP contribution in [0, 0.1) is 0 Å². The van der Waals surface area contributed by atoms with E-state index in [2.05, 4.69) is 307 Å². The molecule has 17 aromatic rings. The van der Waals surface area contributed by atoms with E-state index < -0.39 is 0 Å². The number of furan rings is 1. The van der Waals surface area contributed by atoms with Crippen molar-refractivity contribution in [3.8, 4) is 146 Å². The summed E-state index contributed by atoms with van der Waals surface area (Å²) in [6.45, 7) is 9.10. The number of fused-ring (bicyclic) bond motifs is 8. The van der Waals surface area contributed by atoms with Crippen LogP contribution in [0.5, 0.6) is 23.0 Å². The molecule has 103 heavy (non-hydrogen) atoms. The van der Waals surface area contributed by atoms with E-state index in [1.54, 1.807) is 0 Å². The molecule has 0 saturated carbocycles. The van der Waals surface area contributed by atoms with Gasteiger partial charge in [-0.25, -0.2) is 19.9 Å². The Hall–Kier alpha value is -13.1. The highest BCUT2D eigenvalue weighted by Gasteiger charge is 2.36. The van der Waals surface area contributed by atoms with Crippen molar-refractivity contribution in [1.82, 2.24) is 19.9 Å². The van der Waals surface area contributed by atoms with E-state index in [1.165, 1.54) is 16.7 Å². The van der Waals surface area contributed by atoms with Gasteiger partial charge in [0, 0.05) is 82.8 Å². The van der Waals surface area contributed by atoms with Gasteiger partial charge in [-0.3, -0.25) is 0 Å². The molecule has 0 bridgehead atoms. The molecule has 0 aliphatic carbocycles. The topological polar surface area (TPSA) is 83.2 Å². The van der Waals surface area contributed by atoms with Gasteiger partial charge >= 0.3 is 0 Å². The first-order valence-corrected chi connectivity index (χ1v) is 35.1. The van der Waals surface area contributed by atoms with Crippen molar-refractivity contribution in [2.75, 3.05) is 0 Å². The SMILES string of the molecule is CC1(C)c2ccccc2Oc2cc(-c3ccc(-c4cc(-c5ccccc5)nc(-c5ccc(-c6cccc(-c7cc(-c8cc(-c9ccc(-c%10cccc%11c%10oc%10ccccc%10%11)cc9)nc(-c9ccccc9)n8)ccc7-c7ccc8c(c7)Oc7ccccc7C8(C)C)c6)c6ccccc56)n4)cc3)ccc21. The molecule has 0 fully saturated rings. The number of hydrogen-bond acceptors (Lipinski definition) is 7. The monoisotopic (exact) mass is 1320 g/mol. The van der Waals surface area contributed by atoms with Crippen LogP contribution in [0.2, 0.25) is 0 Å². The summed E-state index contributed by atoms with van der Waals surface area (Å²) in [4.78, 5) is 21.5. The first-order chi connectivity index (χ1) is 50.5. The maximum Gasteiger partial charge on any atom is 0.161 e. The van der Waals surface area contributed by atoms with Gasteiger partial charge < -0.3 is 13.9 Å². The molecule has 0 amide bonds. The van der Waals surface area contributed by atoms with Crippen LogP contribution >= 0.6 is 0 Å². The number of benzene rings is 14. The summed E-state index contributed by atoms with van der Waals surface area (Å²) in [7, 11) is 0. The highest BCUT2D eigenvalue weighted by atomic mass is 16.5. The molecule has 2 aliphatic rings. The van der Waals surface area contributed by atoms with Crippen molar-refractivity contribution in [3.63, 3.8) is 0 Å². The summed E-state index contributed by atoms with van der Waals surface area (Å²) in [5.74, 6) is 4.80. The van der Waals surface area contributed by atoms with E-state index >= 15 is 0 Å². The number of rotatable bonds is 11. The fourth-order valence-corrected chi connectivity index (χ4v) is 15.6. The smallest absolute Gasteiger partial charge is 0.161 e. The molecule has 0 N–H and O–H groups in total. The Balaban J connectivity index is 0.711. The van der Waals surface area contributed by atoms with Gasteiger partial charge in [0.1, 0.15) is 34.2 Å². The summed E-state index contributed by atoms with van der Waals surface area (Å²) in [6, 6.07) is 116. The largest absolute Gasteiger partial charge is 0.457 e. The molecular formula is C96H66N4O3. The summed E-state index contributed by atoms with van der Waals surface area (Å²) < 4.78 is 19.9. The van der Waals surface area contributed by atoms with Gasteiger partial charge in [0.05, 0.1) is 22.8 Å². The lowest BCUT2D eigenvalue weighted by molar-refractivity contribution is 0.418. The van der Waals surface area contributed by atoms with E-state index in [4.69, 9.17) is 33.8 Å². The Bertz CT molecular complexity index is 6230. The average Bonchev–Trinajstić information content (AvgIpc) is 1.24. The van der Waals surface area contributed by atoms with E-state index in [0.717, 1.165) is 173 Å². The predicted molar refractivity (Wildman–Crippen MR) is 419 cm³/mol.